The van der Waals surface area contributed by atoms with Crippen LogP contribution in [-0.2, 0) is 4.79 Å². The number of aliphatic carboxylic acids is 1. The molecule has 1 unspecified atom stereocenters. The molecule has 1 atom stereocenters. The molecular formula is C17H25NO4S. The third-order valence-electron chi connectivity index (χ3n) is 3.34. The van der Waals surface area contributed by atoms with Gasteiger partial charge in [-0.1, -0.05) is 6.92 Å². The zero-order chi connectivity index (χ0) is 17.4. The molecule has 0 aliphatic rings. The van der Waals surface area contributed by atoms with E-state index in [0.29, 0.717) is 11.3 Å². The number of amides is 1. The first kappa shape index (κ1) is 19.4. The summed E-state index contributed by atoms with van der Waals surface area (Å²) in [6, 6.07) is 3.57. The van der Waals surface area contributed by atoms with Gasteiger partial charge in [0, 0.05) is 11.6 Å². The summed E-state index contributed by atoms with van der Waals surface area (Å²) < 4.78 is 5.28. The molecule has 0 aromatic heterocycles. The molecule has 2 N–H and O–H groups in total. The van der Waals surface area contributed by atoms with Crippen LogP contribution in [0.2, 0.25) is 0 Å². The van der Waals surface area contributed by atoms with E-state index >= 15 is 0 Å². The Morgan fingerprint density at radius 3 is 2.43 bits per heavy atom. The third kappa shape index (κ3) is 6.52. The van der Waals surface area contributed by atoms with Crippen LogP contribution >= 0.6 is 11.8 Å². The molecule has 6 heteroatoms. The van der Waals surface area contributed by atoms with Gasteiger partial charge in [0.05, 0.1) is 0 Å². The average molecular weight is 339 g/mol. The van der Waals surface area contributed by atoms with E-state index in [4.69, 9.17) is 9.84 Å². The predicted molar refractivity (Wildman–Crippen MR) is 93.6 cm³/mol. The van der Waals surface area contributed by atoms with Crippen LogP contribution in [0.25, 0.3) is 0 Å². The van der Waals surface area contributed by atoms with Gasteiger partial charge in [0.15, 0.2) is 6.61 Å². The first-order chi connectivity index (χ1) is 10.8. The molecule has 1 aromatic rings. The van der Waals surface area contributed by atoms with Gasteiger partial charge in [-0.2, -0.15) is 11.8 Å². The van der Waals surface area contributed by atoms with Gasteiger partial charge in [-0.15, -0.1) is 0 Å². The van der Waals surface area contributed by atoms with Crippen molar-refractivity contribution in [3.63, 3.8) is 0 Å². The van der Waals surface area contributed by atoms with Crippen molar-refractivity contribution in [2.75, 3.05) is 18.1 Å². The number of carbonyl (C=O) groups is 2. The van der Waals surface area contributed by atoms with Crippen molar-refractivity contribution in [2.45, 2.75) is 40.2 Å². The van der Waals surface area contributed by atoms with Crippen molar-refractivity contribution in [1.29, 1.82) is 0 Å². The molecule has 0 fully saturated rings. The van der Waals surface area contributed by atoms with Crippen LogP contribution in [0.5, 0.6) is 5.75 Å². The Bertz CT molecular complexity index is 537. The molecule has 0 spiro atoms. The summed E-state index contributed by atoms with van der Waals surface area (Å²) in [4.78, 5) is 22.9. The lowest BCUT2D eigenvalue weighted by Crippen LogP contribution is -2.33. The van der Waals surface area contributed by atoms with Crippen molar-refractivity contribution >= 4 is 23.6 Å². The van der Waals surface area contributed by atoms with Crippen molar-refractivity contribution < 1.29 is 19.4 Å². The topological polar surface area (TPSA) is 75.6 Å². The monoisotopic (exact) mass is 339 g/mol. The lowest BCUT2D eigenvalue weighted by molar-refractivity contribution is -0.139. The molecule has 0 aliphatic heterocycles. The van der Waals surface area contributed by atoms with E-state index in [0.717, 1.165) is 29.1 Å². The summed E-state index contributed by atoms with van der Waals surface area (Å²) >= 11 is 1.86. The SMILES string of the molecule is CCSCCC(C)NC(=O)c1cc(C)c(OCC(=O)O)c(C)c1. The largest absolute Gasteiger partial charge is 0.481 e. The number of nitrogens with one attached hydrogen (secondary N) is 1. The van der Waals surface area contributed by atoms with E-state index in [-0.39, 0.29) is 18.6 Å². The molecule has 0 saturated carbocycles. The second kappa shape index (κ2) is 9.45. The van der Waals surface area contributed by atoms with Crippen LogP contribution in [0.15, 0.2) is 12.1 Å². The first-order valence-corrected chi connectivity index (χ1v) is 8.85. The molecule has 1 amide bonds. The highest BCUT2D eigenvalue weighted by molar-refractivity contribution is 7.99. The molecule has 1 rings (SSSR count). The van der Waals surface area contributed by atoms with E-state index in [1.54, 1.807) is 12.1 Å². The van der Waals surface area contributed by atoms with Gasteiger partial charge in [-0.25, -0.2) is 4.79 Å². The van der Waals surface area contributed by atoms with Crippen LogP contribution in [-0.4, -0.2) is 41.1 Å². The highest BCUT2D eigenvalue weighted by atomic mass is 32.2. The fraction of sp³-hybridized carbons (Fsp3) is 0.529. The molecular weight excluding hydrogens is 314 g/mol. The third-order valence-corrected chi connectivity index (χ3v) is 4.27. The molecule has 5 nitrogen and oxygen atoms in total. The number of hydrogen-bond donors (Lipinski definition) is 2. The van der Waals surface area contributed by atoms with Gasteiger partial charge < -0.3 is 15.2 Å². The van der Waals surface area contributed by atoms with Gasteiger partial charge in [0.1, 0.15) is 5.75 Å². The smallest absolute Gasteiger partial charge is 0.341 e. The van der Waals surface area contributed by atoms with Crippen molar-refractivity contribution in [1.82, 2.24) is 5.32 Å². The summed E-state index contributed by atoms with van der Waals surface area (Å²) in [6.07, 6.45) is 0.933. The highest BCUT2D eigenvalue weighted by Gasteiger charge is 2.14. The number of aryl methyl sites for hydroxylation is 2. The van der Waals surface area contributed by atoms with Gasteiger partial charge in [0.25, 0.3) is 5.91 Å². The van der Waals surface area contributed by atoms with E-state index < -0.39 is 5.97 Å². The Morgan fingerprint density at radius 2 is 1.91 bits per heavy atom. The number of rotatable bonds is 9. The minimum Gasteiger partial charge on any atom is -0.481 e. The van der Waals surface area contributed by atoms with Crippen LogP contribution < -0.4 is 10.1 Å². The molecule has 0 radical (unpaired) electrons. The number of ether oxygens (including phenoxy) is 1. The van der Waals surface area contributed by atoms with E-state index in [2.05, 4.69) is 12.2 Å². The summed E-state index contributed by atoms with van der Waals surface area (Å²) in [5.41, 5.74) is 2.08. The number of hydrogen-bond acceptors (Lipinski definition) is 4. The normalized spacial score (nSPS) is 11.8. The van der Waals surface area contributed by atoms with E-state index in [1.807, 2.05) is 32.5 Å². The Labute approximate surface area is 141 Å². The summed E-state index contributed by atoms with van der Waals surface area (Å²) in [7, 11) is 0. The second-order valence-electron chi connectivity index (χ2n) is 5.48. The maximum Gasteiger partial charge on any atom is 0.341 e. The second-order valence-corrected chi connectivity index (χ2v) is 6.88. The highest BCUT2D eigenvalue weighted by Crippen LogP contribution is 2.25. The van der Waals surface area contributed by atoms with Gasteiger partial charge in [0.2, 0.25) is 0 Å². The summed E-state index contributed by atoms with van der Waals surface area (Å²) in [6.45, 7) is 7.34. The molecule has 23 heavy (non-hydrogen) atoms. The van der Waals surface area contributed by atoms with Crippen molar-refractivity contribution in [2.24, 2.45) is 0 Å². The zero-order valence-electron chi connectivity index (χ0n) is 14.1. The predicted octanol–water partition coefficient (Wildman–Crippen LogP) is 3.03. The molecule has 128 valence electrons. The summed E-state index contributed by atoms with van der Waals surface area (Å²) in [5, 5.41) is 11.7. The number of carbonyl (C=O) groups excluding carboxylic acids is 1. The number of carboxylic acid groups (broad SMARTS) is 1. The zero-order valence-corrected chi connectivity index (χ0v) is 15.0. The Hall–Kier alpha value is -1.69. The molecule has 0 heterocycles. The van der Waals surface area contributed by atoms with Crippen LogP contribution in [0.3, 0.4) is 0 Å². The number of thioether (sulfide) groups is 1. The Balaban J connectivity index is 2.73. The lowest BCUT2D eigenvalue weighted by atomic mass is 10.0. The number of benzene rings is 1. The van der Waals surface area contributed by atoms with E-state index in [9.17, 15) is 9.59 Å². The van der Waals surface area contributed by atoms with Gasteiger partial charge in [-0.05, 0) is 62.0 Å². The van der Waals surface area contributed by atoms with Crippen molar-refractivity contribution in [3.05, 3.63) is 28.8 Å². The van der Waals surface area contributed by atoms with Gasteiger partial charge in [-0.3, -0.25) is 4.79 Å². The minimum atomic E-state index is -1.02. The first-order valence-electron chi connectivity index (χ1n) is 7.69. The van der Waals surface area contributed by atoms with Crippen LogP contribution in [0, 0.1) is 13.8 Å². The minimum absolute atomic E-state index is 0.116. The molecule has 1 aromatic carbocycles. The fourth-order valence-electron chi connectivity index (χ4n) is 2.23. The van der Waals surface area contributed by atoms with Gasteiger partial charge >= 0.3 is 5.97 Å². The standard InChI is InChI=1S/C17H25NO4S/c1-5-23-7-6-13(4)18-17(21)14-8-11(2)16(12(3)9-14)22-10-15(19)20/h8-9,13H,5-7,10H2,1-4H3,(H,18,21)(H,19,20). The van der Waals surface area contributed by atoms with Crippen molar-refractivity contribution in [3.8, 4) is 5.75 Å². The average Bonchev–Trinajstić information content (AvgIpc) is 2.46. The maximum absolute atomic E-state index is 12.3. The van der Waals surface area contributed by atoms with E-state index in [1.165, 1.54) is 0 Å². The Morgan fingerprint density at radius 1 is 1.30 bits per heavy atom. The maximum atomic E-state index is 12.3. The quantitative estimate of drug-likeness (QED) is 0.676. The summed E-state index contributed by atoms with van der Waals surface area (Å²) in [5.74, 6) is 1.49. The Kier molecular flexibility index (Phi) is 7.95. The molecule has 0 bridgehead atoms. The molecule has 0 saturated heterocycles. The fourth-order valence-corrected chi connectivity index (χ4v) is 3.04. The number of carboxylic acids is 1. The van der Waals surface area contributed by atoms with Crippen LogP contribution in [0.4, 0.5) is 0 Å². The van der Waals surface area contributed by atoms with Crippen LogP contribution in [0.1, 0.15) is 41.8 Å². The lowest BCUT2D eigenvalue weighted by Gasteiger charge is -2.16. The molecule has 0 aliphatic carbocycles.